The molecule has 0 saturated heterocycles. The Morgan fingerprint density at radius 3 is 2.57 bits per heavy atom. The lowest BCUT2D eigenvalue weighted by Gasteiger charge is -2.12. The van der Waals surface area contributed by atoms with Crippen LogP contribution in [0.1, 0.15) is 10.4 Å². The van der Waals surface area contributed by atoms with E-state index in [9.17, 15) is 4.79 Å². The number of rotatable bonds is 3. The van der Waals surface area contributed by atoms with Crippen molar-refractivity contribution in [2.24, 2.45) is 0 Å². The highest BCUT2D eigenvalue weighted by Crippen LogP contribution is 2.38. The zero-order valence-corrected chi connectivity index (χ0v) is 14.0. The number of carbonyl (C=O) groups excluding carboxylic acids is 1. The third-order valence-electron chi connectivity index (χ3n) is 2.70. The molecule has 4 nitrogen and oxygen atoms in total. The van der Waals surface area contributed by atoms with Crippen molar-refractivity contribution < 1.29 is 9.53 Å². The molecule has 0 heterocycles. The molecule has 21 heavy (non-hydrogen) atoms. The number of benzene rings is 2. The summed E-state index contributed by atoms with van der Waals surface area (Å²) in [6.45, 7) is 0. The van der Waals surface area contributed by atoms with E-state index in [1.807, 2.05) is 0 Å². The van der Waals surface area contributed by atoms with Crippen molar-refractivity contribution >= 4 is 50.7 Å². The molecule has 0 radical (unpaired) electrons. The number of nitrogens with two attached hydrogens (primary N) is 1. The third kappa shape index (κ3) is 3.61. The Balaban J connectivity index is 2.39. The van der Waals surface area contributed by atoms with Crippen molar-refractivity contribution in [3.63, 3.8) is 0 Å². The molecule has 7 heteroatoms. The van der Waals surface area contributed by atoms with Crippen LogP contribution in [0, 0.1) is 0 Å². The molecule has 0 aliphatic carbocycles. The number of carbonyl (C=O) groups is 1. The largest absolute Gasteiger partial charge is 0.454 e. The first-order chi connectivity index (χ1) is 9.92. The first-order valence-corrected chi connectivity index (χ1v) is 7.41. The normalized spacial score (nSPS) is 10.3. The number of hydrogen-bond acceptors (Lipinski definition) is 3. The monoisotopic (exact) mass is 388 g/mol. The molecular weight excluding hydrogens is 379 g/mol. The molecule has 0 unspecified atom stereocenters. The number of nitrogen functional groups attached to an aromatic ring is 1. The quantitative estimate of drug-likeness (QED) is 0.600. The summed E-state index contributed by atoms with van der Waals surface area (Å²) in [5.41, 5.74) is 6.67. The van der Waals surface area contributed by atoms with Crippen molar-refractivity contribution in [1.82, 2.24) is 5.32 Å². The fourth-order valence-corrected chi connectivity index (χ4v) is 2.44. The summed E-state index contributed by atoms with van der Waals surface area (Å²) in [6.07, 6.45) is 0. The Morgan fingerprint density at radius 1 is 1.19 bits per heavy atom. The van der Waals surface area contributed by atoms with Gasteiger partial charge in [-0.1, -0.05) is 23.2 Å². The van der Waals surface area contributed by atoms with Gasteiger partial charge in [0, 0.05) is 23.2 Å². The summed E-state index contributed by atoms with van der Waals surface area (Å²) in [5, 5.41) is 3.36. The minimum absolute atomic E-state index is 0.236. The summed E-state index contributed by atoms with van der Waals surface area (Å²) in [4.78, 5) is 11.6. The molecule has 0 saturated carbocycles. The van der Waals surface area contributed by atoms with Crippen molar-refractivity contribution in [3.05, 3.63) is 50.4 Å². The fourth-order valence-electron chi connectivity index (χ4n) is 1.61. The molecule has 3 N–H and O–H groups in total. The molecule has 2 aromatic rings. The van der Waals surface area contributed by atoms with E-state index in [-0.39, 0.29) is 5.91 Å². The second-order valence-corrected chi connectivity index (χ2v) is 5.80. The first kappa shape index (κ1) is 15.9. The molecule has 0 atom stereocenters. The van der Waals surface area contributed by atoms with Crippen LogP contribution in [0.2, 0.25) is 10.0 Å². The van der Waals surface area contributed by atoms with Gasteiger partial charge < -0.3 is 15.8 Å². The number of amides is 1. The van der Waals surface area contributed by atoms with Crippen LogP contribution in [-0.2, 0) is 0 Å². The van der Waals surface area contributed by atoms with Gasteiger partial charge in [0.1, 0.15) is 5.75 Å². The van der Waals surface area contributed by atoms with Crippen LogP contribution in [0.3, 0.4) is 0 Å². The number of nitrogens with one attached hydrogen (secondary N) is 1. The number of hydrogen-bond donors (Lipinski definition) is 2. The molecule has 0 aliphatic heterocycles. The number of halogens is 3. The first-order valence-electron chi connectivity index (χ1n) is 5.86. The maximum absolute atomic E-state index is 11.6. The number of ether oxygens (including phenoxy) is 1. The van der Waals surface area contributed by atoms with E-state index < -0.39 is 0 Å². The highest BCUT2D eigenvalue weighted by Gasteiger charge is 2.12. The van der Waals surface area contributed by atoms with E-state index in [0.717, 1.165) is 0 Å². The zero-order valence-electron chi connectivity index (χ0n) is 10.9. The van der Waals surface area contributed by atoms with E-state index in [4.69, 9.17) is 33.7 Å². The van der Waals surface area contributed by atoms with Crippen LogP contribution in [0.4, 0.5) is 5.69 Å². The highest BCUT2D eigenvalue weighted by molar-refractivity contribution is 9.10. The predicted octanol–water partition coefficient (Wildman–Crippen LogP) is 4.49. The van der Waals surface area contributed by atoms with Gasteiger partial charge in [-0.05, 0) is 40.2 Å². The molecule has 0 fully saturated rings. The van der Waals surface area contributed by atoms with Crippen LogP contribution in [0.15, 0.2) is 34.8 Å². The van der Waals surface area contributed by atoms with Crippen molar-refractivity contribution in [2.45, 2.75) is 0 Å². The lowest BCUT2D eigenvalue weighted by atomic mass is 10.2. The third-order valence-corrected chi connectivity index (χ3v) is 4.19. The Morgan fingerprint density at radius 2 is 1.90 bits per heavy atom. The summed E-state index contributed by atoms with van der Waals surface area (Å²) >= 11 is 15.4. The van der Waals surface area contributed by atoms with Gasteiger partial charge in [-0.15, -0.1) is 0 Å². The second kappa shape index (κ2) is 6.56. The topological polar surface area (TPSA) is 64.4 Å². The molecule has 0 aliphatic rings. The average Bonchev–Trinajstić information content (AvgIpc) is 2.46. The molecule has 0 aromatic heterocycles. The van der Waals surface area contributed by atoms with Crippen LogP contribution in [0.25, 0.3) is 0 Å². The minimum Gasteiger partial charge on any atom is -0.454 e. The highest BCUT2D eigenvalue weighted by atomic mass is 79.9. The maximum Gasteiger partial charge on any atom is 0.251 e. The Bertz CT molecular complexity index is 708. The summed E-state index contributed by atoms with van der Waals surface area (Å²) < 4.78 is 6.33. The van der Waals surface area contributed by atoms with Gasteiger partial charge in [0.25, 0.3) is 5.91 Å². The summed E-state index contributed by atoms with van der Waals surface area (Å²) in [7, 11) is 1.55. The van der Waals surface area contributed by atoms with E-state index in [2.05, 4.69) is 21.2 Å². The standard InChI is InChI=1S/C14H11BrCl2N2O2/c1-19-14(20)7-2-3-11(18)13(4-7)21-12-6-9(16)8(15)5-10(12)17/h2-6H,18H2,1H3,(H,19,20). The Hall–Kier alpha value is -1.43. The molecule has 2 aromatic carbocycles. The van der Waals surface area contributed by atoms with Crippen molar-refractivity contribution in [1.29, 1.82) is 0 Å². The SMILES string of the molecule is CNC(=O)c1ccc(N)c(Oc2cc(Cl)c(Br)cc2Cl)c1. The summed E-state index contributed by atoms with van der Waals surface area (Å²) in [6, 6.07) is 7.93. The van der Waals surface area contributed by atoms with Gasteiger partial charge in [-0.2, -0.15) is 0 Å². The molecular formula is C14H11BrCl2N2O2. The number of anilines is 1. The van der Waals surface area contributed by atoms with E-state index in [0.29, 0.717) is 37.3 Å². The van der Waals surface area contributed by atoms with Gasteiger partial charge in [0.05, 0.1) is 15.7 Å². The van der Waals surface area contributed by atoms with Gasteiger partial charge in [-0.25, -0.2) is 0 Å². The van der Waals surface area contributed by atoms with Gasteiger partial charge >= 0.3 is 0 Å². The Kier molecular flexibility index (Phi) is 4.98. The van der Waals surface area contributed by atoms with Gasteiger partial charge in [0.2, 0.25) is 0 Å². The maximum atomic E-state index is 11.6. The van der Waals surface area contributed by atoms with E-state index in [1.54, 1.807) is 37.4 Å². The molecule has 0 spiro atoms. The smallest absolute Gasteiger partial charge is 0.251 e. The van der Waals surface area contributed by atoms with Gasteiger partial charge in [0.15, 0.2) is 5.75 Å². The lowest BCUT2D eigenvalue weighted by Crippen LogP contribution is -2.17. The van der Waals surface area contributed by atoms with E-state index in [1.165, 1.54) is 0 Å². The molecule has 110 valence electrons. The fraction of sp³-hybridized carbons (Fsp3) is 0.0714. The van der Waals surface area contributed by atoms with Crippen LogP contribution >= 0.6 is 39.1 Å². The summed E-state index contributed by atoms with van der Waals surface area (Å²) in [5.74, 6) is 0.446. The predicted molar refractivity (Wildman–Crippen MR) is 88.5 cm³/mol. The second-order valence-electron chi connectivity index (χ2n) is 4.13. The molecule has 0 bridgehead atoms. The van der Waals surface area contributed by atoms with Crippen LogP contribution in [-0.4, -0.2) is 13.0 Å². The van der Waals surface area contributed by atoms with E-state index >= 15 is 0 Å². The van der Waals surface area contributed by atoms with Crippen LogP contribution in [0.5, 0.6) is 11.5 Å². The Labute approximate surface area is 140 Å². The molecule has 2 rings (SSSR count). The minimum atomic E-state index is -0.236. The zero-order chi connectivity index (χ0) is 15.6. The van der Waals surface area contributed by atoms with Crippen LogP contribution < -0.4 is 15.8 Å². The van der Waals surface area contributed by atoms with Crippen molar-refractivity contribution in [3.8, 4) is 11.5 Å². The average molecular weight is 390 g/mol. The molecule has 1 amide bonds. The van der Waals surface area contributed by atoms with Gasteiger partial charge in [-0.3, -0.25) is 4.79 Å². The van der Waals surface area contributed by atoms with Crippen molar-refractivity contribution in [2.75, 3.05) is 12.8 Å². The lowest BCUT2D eigenvalue weighted by molar-refractivity contribution is 0.0963.